The van der Waals surface area contributed by atoms with Crippen molar-refractivity contribution in [2.24, 2.45) is 0 Å². The van der Waals surface area contributed by atoms with Gasteiger partial charge < -0.3 is 4.57 Å². The summed E-state index contributed by atoms with van der Waals surface area (Å²) >= 11 is 0. The number of nitrogens with zero attached hydrogens (tertiary/aromatic N) is 1. The zero-order chi connectivity index (χ0) is 9.97. The highest BCUT2D eigenvalue weighted by atomic mass is 19.1. The highest BCUT2D eigenvalue weighted by molar-refractivity contribution is 5.74. The molecule has 2 nitrogen and oxygen atoms in total. The Bertz CT molecular complexity index is 462. The van der Waals surface area contributed by atoms with Gasteiger partial charge in [-0.3, -0.25) is 4.79 Å². The van der Waals surface area contributed by atoms with Gasteiger partial charge in [0.25, 0.3) is 0 Å². The van der Waals surface area contributed by atoms with Crippen molar-refractivity contribution < 1.29 is 9.18 Å². The molecule has 0 unspecified atom stereocenters. The van der Waals surface area contributed by atoms with E-state index in [1.807, 2.05) is 0 Å². The molecule has 0 saturated carbocycles. The van der Waals surface area contributed by atoms with Crippen LogP contribution in [0.3, 0.4) is 0 Å². The van der Waals surface area contributed by atoms with Crippen LogP contribution in [-0.4, -0.2) is 10.9 Å². The van der Waals surface area contributed by atoms with Gasteiger partial charge >= 0.3 is 0 Å². The van der Waals surface area contributed by atoms with Crippen LogP contribution in [0.4, 0.5) is 4.39 Å². The van der Waals surface area contributed by atoms with Crippen LogP contribution in [0.25, 0.3) is 5.69 Å². The van der Waals surface area contributed by atoms with E-state index in [1.54, 1.807) is 41.2 Å². The third kappa shape index (κ3) is 1.44. The van der Waals surface area contributed by atoms with Gasteiger partial charge in [-0.1, -0.05) is 12.1 Å². The number of carbonyl (C=O) groups is 1. The first-order valence-electron chi connectivity index (χ1n) is 4.19. The minimum Gasteiger partial charge on any atom is -0.321 e. The van der Waals surface area contributed by atoms with Crippen LogP contribution in [-0.2, 0) is 0 Å². The summed E-state index contributed by atoms with van der Waals surface area (Å²) in [7, 11) is 0. The number of para-hydroxylation sites is 1. The van der Waals surface area contributed by atoms with Crippen LogP contribution in [0.15, 0.2) is 42.7 Å². The Kier molecular flexibility index (Phi) is 2.14. The van der Waals surface area contributed by atoms with Crippen LogP contribution >= 0.6 is 0 Å². The molecule has 70 valence electrons. The minimum absolute atomic E-state index is 0.305. The van der Waals surface area contributed by atoms with Crippen molar-refractivity contribution in [3.63, 3.8) is 0 Å². The second-order valence-electron chi connectivity index (χ2n) is 2.92. The smallest absolute Gasteiger partial charge is 0.151 e. The first-order chi connectivity index (χ1) is 6.81. The number of benzene rings is 1. The summed E-state index contributed by atoms with van der Waals surface area (Å²) < 4.78 is 14.9. The summed E-state index contributed by atoms with van der Waals surface area (Å²) in [5.74, 6) is -0.305. The standard InChI is InChI=1S/C11H8FNO/c12-10-3-1-2-4-11(10)13-6-5-9(7-13)8-14/h1-8H. The van der Waals surface area contributed by atoms with E-state index >= 15 is 0 Å². The van der Waals surface area contributed by atoms with Gasteiger partial charge in [-0.2, -0.15) is 0 Å². The van der Waals surface area contributed by atoms with Crippen molar-refractivity contribution in [3.8, 4) is 5.69 Å². The lowest BCUT2D eigenvalue weighted by Gasteiger charge is -2.02. The Balaban J connectivity index is 2.49. The average molecular weight is 189 g/mol. The number of hydrogen-bond acceptors (Lipinski definition) is 1. The van der Waals surface area contributed by atoms with Gasteiger partial charge in [-0.15, -0.1) is 0 Å². The molecule has 1 heterocycles. The van der Waals surface area contributed by atoms with Gasteiger partial charge in [0, 0.05) is 18.0 Å². The lowest BCUT2D eigenvalue weighted by atomic mass is 10.3. The number of aldehydes is 1. The summed E-state index contributed by atoms with van der Waals surface area (Å²) in [6.45, 7) is 0. The molecule has 3 heteroatoms. The van der Waals surface area contributed by atoms with E-state index in [0.717, 1.165) is 6.29 Å². The maximum atomic E-state index is 13.3. The summed E-state index contributed by atoms with van der Waals surface area (Å²) in [5.41, 5.74) is 0.980. The van der Waals surface area contributed by atoms with Gasteiger partial charge in [-0.05, 0) is 18.2 Å². The highest BCUT2D eigenvalue weighted by Gasteiger charge is 2.02. The molecule has 2 aromatic rings. The van der Waals surface area contributed by atoms with Crippen LogP contribution in [0.1, 0.15) is 10.4 Å². The molecule has 0 N–H and O–H groups in total. The number of aromatic nitrogens is 1. The zero-order valence-corrected chi connectivity index (χ0v) is 7.35. The van der Waals surface area contributed by atoms with Crippen LogP contribution in [0.2, 0.25) is 0 Å². The van der Waals surface area contributed by atoms with E-state index in [4.69, 9.17) is 0 Å². The summed E-state index contributed by atoms with van der Waals surface area (Å²) in [6.07, 6.45) is 3.98. The van der Waals surface area contributed by atoms with Gasteiger partial charge in [-0.25, -0.2) is 4.39 Å². The molecule has 0 spiro atoms. The lowest BCUT2D eigenvalue weighted by Crippen LogP contribution is -1.93. The lowest BCUT2D eigenvalue weighted by molar-refractivity contribution is 0.112. The molecule has 0 saturated heterocycles. The van der Waals surface area contributed by atoms with Crippen molar-refractivity contribution in [3.05, 3.63) is 54.1 Å². The molecule has 0 fully saturated rings. The molecule has 1 aromatic heterocycles. The Morgan fingerprint density at radius 1 is 1.21 bits per heavy atom. The molecule has 0 amide bonds. The van der Waals surface area contributed by atoms with Crippen LogP contribution in [0.5, 0.6) is 0 Å². The minimum atomic E-state index is -0.305. The number of halogens is 1. The molecule has 0 aliphatic rings. The second-order valence-corrected chi connectivity index (χ2v) is 2.92. The maximum Gasteiger partial charge on any atom is 0.151 e. The normalized spacial score (nSPS) is 10.1. The Hall–Kier alpha value is -1.90. The van der Waals surface area contributed by atoms with Crippen molar-refractivity contribution in [2.45, 2.75) is 0 Å². The van der Waals surface area contributed by atoms with Crippen molar-refractivity contribution in [2.75, 3.05) is 0 Å². The van der Waals surface area contributed by atoms with E-state index in [1.165, 1.54) is 6.07 Å². The fourth-order valence-corrected chi connectivity index (χ4v) is 1.29. The van der Waals surface area contributed by atoms with Crippen molar-refractivity contribution >= 4 is 6.29 Å². The fraction of sp³-hybridized carbons (Fsp3) is 0. The zero-order valence-electron chi connectivity index (χ0n) is 7.35. The summed E-state index contributed by atoms with van der Waals surface area (Å²) in [4.78, 5) is 10.4. The average Bonchev–Trinajstić information content (AvgIpc) is 2.67. The number of rotatable bonds is 2. The summed E-state index contributed by atoms with van der Waals surface area (Å²) in [6, 6.07) is 8.06. The quantitative estimate of drug-likeness (QED) is 0.665. The topological polar surface area (TPSA) is 22.0 Å². The van der Waals surface area contributed by atoms with Crippen molar-refractivity contribution in [1.29, 1.82) is 0 Å². The predicted octanol–water partition coefficient (Wildman–Crippen LogP) is 2.43. The molecule has 0 aliphatic carbocycles. The van der Waals surface area contributed by atoms with Gasteiger partial charge in [0.15, 0.2) is 6.29 Å². The first-order valence-corrected chi connectivity index (χ1v) is 4.19. The monoisotopic (exact) mass is 189 g/mol. The molecular weight excluding hydrogens is 181 g/mol. The highest BCUT2D eigenvalue weighted by Crippen LogP contribution is 2.13. The van der Waals surface area contributed by atoms with Crippen LogP contribution in [0, 0.1) is 5.82 Å². The van der Waals surface area contributed by atoms with Gasteiger partial charge in [0.2, 0.25) is 0 Å². The predicted molar refractivity (Wildman–Crippen MR) is 51.1 cm³/mol. The second kappa shape index (κ2) is 3.46. The van der Waals surface area contributed by atoms with E-state index in [9.17, 15) is 9.18 Å². The number of hydrogen-bond donors (Lipinski definition) is 0. The largest absolute Gasteiger partial charge is 0.321 e. The Labute approximate surface area is 80.6 Å². The molecule has 0 bridgehead atoms. The van der Waals surface area contributed by atoms with Crippen LogP contribution < -0.4 is 0 Å². The third-order valence-electron chi connectivity index (χ3n) is 1.98. The number of carbonyl (C=O) groups excluding carboxylic acids is 1. The van der Waals surface area contributed by atoms with Gasteiger partial charge in [0.05, 0.1) is 5.69 Å². The molecule has 0 atom stereocenters. The van der Waals surface area contributed by atoms with E-state index in [-0.39, 0.29) is 5.82 Å². The molecular formula is C11H8FNO. The fourth-order valence-electron chi connectivity index (χ4n) is 1.29. The Morgan fingerprint density at radius 3 is 2.64 bits per heavy atom. The molecule has 2 rings (SSSR count). The Morgan fingerprint density at radius 2 is 2.00 bits per heavy atom. The van der Waals surface area contributed by atoms with E-state index < -0.39 is 0 Å². The first kappa shape index (κ1) is 8.69. The molecule has 0 radical (unpaired) electrons. The molecule has 1 aromatic carbocycles. The molecule has 0 aliphatic heterocycles. The maximum absolute atomic E-state index is 13.3. The van der Waals surface area contributed by atoms with Gasteiger partial charge in [0.1, 0.15) is 5.82 Å². The van der Waals surface area contributed by atoms with E-state index in [0.29, 0.717) is 11.3 Å². The SMILES string of the molecule is O=Cc1ccn(-c2ccccc2F)c1. The molecule has 14 heavy (non-hydrogen) atoms. The third-order valence-corrected chi connectivity index (χ3v) is 1.98. The van der Waals surface area contributed by atoms with Crippen molar-refractivity contribution in [1.82, 2.24) is 4.57 Å². The summed E-state index contributed by atoms with van der Waals surface area (Å²) in [5, 5.41) is 0. The van der Waals surface area contributed by atoms with E-state index in [2.05, 4.69) is 0 Å².